The number of anilines is 2. The molecule has 17 heavy (non-hydrogen) atoms. The first-order valence-electron chi connectivity index (χ1n) is 5.83. The van der Waals surface area contributed by atoms with E-state index in [4.69, 9.17) is 10.9 Å². The minimum atomic E-state index is 0.154. The average molecular weight is 239 g/mol. The molecule has 1 aromatic rings. The van der Waals surface area contributed by atoms with Gasteiger partial charge < -0.3 is 15.8 Å². The quantitative estimate of drug-likeness (QED) is 0.433. The van der Waals surface area contributed by atoms with Crippen LogP contribution in [0.5, 0.6) is 0 Å². The predicted molar refractivity (Wildman–Crippen MR) is 68.7 cm³/mol. The van der Waals surface area contributed by atoms with Crippen LogP contribution in [0, 0.1) is 6.92 Å². The van der Waals surface area contributed by atoms with E-state index in [9.17, 15) is 0 Å². The van der Waals surface area contributed by atoms with Crippen molar-refractivity contribution in [2.75, 3.05) is 17.3 Å². The Morgan fingerprint density at radius 3 is 2.53 bits per heavy atom. The summed E-state index contributed by atoms with van der Waals surface area (Å²) in [7, 11) is 0. The monoisotopic (exact) mass is 239 g/mol. The number of nitrogens with zero attached hydrogens (tertiary/aromatic N) is 2. The van der Waals surface area contributed by atoms with E-state index in [1.165, 1.54) is 0 Å². The number of hydrogen-bond donors (Lipinski definition) is 4. The molecule has 0 fully saturated rings. The van der Waals surface area contributed by atoms with E-state index in [-0.39, 0.29) is 12.6 Å². The Morgan fingerprint density at radius 2 is 2.00 bits per heavy atom. The Labute approximate surface area is 102 Å². The Morgan fingerprint density at radius 1 is 1.35 bits per heavy atom. The molecule has 1 unspecified atom stereocenters. The van der Waals surface area contributed by atoms with Crippen molar-refractivity contribution in [1.29, 1.82) is 0 Å². The summed E-state index contributed by atoms with van der Waals surface area (Å²) in [5, 5.41) is 12.1. The molecule has 1 rings (SSSR count). The number of nitrogen functional groups attached to an aromatic ring is 1. The zero-order valence-electron chi connectivity index (χ0n) is 10.6. The number of hydrogen-bond acceptors (Lipinski definition) is 6. The molecule has 0 saturated carbocycles. The van der Waals surface area contributed by atoms with Gasteiger partial charge in [-0.05, 0) is 20.3 Å². The normalized spacial score (nSPS) is 12.3. The van der Waals surface area contributed by atoms with Gasteiger partial charge in [0, 0.05) is 24.6 Å². The molecule has 1 atom stereocenters. The fraction of sp³-hybridized carbons (Fsp3) is 0.636. The number of aromatic nitrogens is 2. The van der Waals surface area contributed by atoms with Crippen LogP contribution in [0.25, 0.3) is 0 Å². The standard InChI is InChI=1S/C11H21N5O/c1-4-9-14-10(13-7(2)5-6-17)8(3)11(15-9)16-12/h7,17H,4-6,12H2,1-3H3,(H2,13,14,15,16). The van der Waals surface area contributed by atoms with Gasteiger partial charge >= 0.3 is 0 Å². The SMILES string of the molecule is CCc1nc(NN)c(C)c(NC(C)CCO)n1. The summed E-state index contributed by atoms with van der Waals surface area (Å²) >= 11 is 0. The number of rotatable bonds is 6. The molecule has 6 nitrogen and oxygen atoms in total. The van der Waals surface area contributed by atoms with Crippen molar-refractivity contribution in [2.45, 2.75) is 39.7 Å². The van der Waals surface area contributed by atoms with Gasteiger partial charge in [0.15, 0.2) is 0 Å². The second-order valence-corrected chi connectivity index (χ2v) is 4.02. The van der Waals surface area contributed by atoms with Crippen molar-refractivity contribution in [3.05, 3.63) is 11.4 Å². The fourth-order valence-electron chi connectivity index (χ4n) is 1.50. The molecule has 5 N–H and O–H groups in total. The lowest BCUT2D eigenvalue weighted by atomic mass is 10.2. The summed E-state index contributed by atoms with van der Waals surface area (Å²) in [6.07, 6.45) is 1.42. The van der Waals surface area contributed by atoms with E-state index in [1.807, 2.05) is 20.8 Å². The molecule has 1 heterocycles. The van der Waals surface area contributed by atoms with Crippen LogP contribution in [0.15, 0.2) is 0 Å². The lowest BCUT2D eigenvalue weighted by Crippen LogP contribution is -2.20. The summed E-state index contributed by atoms with van der Waals surface area (Å²) in [4.78, 5) is 8.71. The molecule has 0 aliphatic rings. The van der Waals surface area contributed by atoms with E-state index >= 15 is 0 Å². The van der Waals surface area contributed by atoms with Gasteiger partial charge in [0.2, 0.25) is 0 Å². The van der Waals surface area contributed by atoms with Crippen molar-refractivity contribution < 1.29 is 5.11 Å². The number of hydrazine groups is 1. The number of aliphatic hydroxyl groups is 1. The van der Waals surface area contributed by atoms with Crippen LogP contribution in [0.3, 0.4) is 0 Å². The summed E-state index contributed by atoms with van der Waals surface area (Å²) in [6.45, 7) is 6.05. The number of aliphatic hydroxyl groups excluding tert-OH is 1. The smallest absolute Gasteiger partial charge is 0.148 e. The molecule has 1 aromatic heterocycles. The van der Waals surface area contributed by atoms with Gasteiger partial charge in [-0.2, -0.15) is 0 Å². The fourth-order valence-corrected chi connectivity index (χ4v) is 1.50. The first-order chi connectivity index (χ1) is 8.12. The lowest BCUT2D eigenvalue weighted by Gasteiger charge is -2.17. The first-order valence-corrected chi connectivity index (χ1v) is 5.83. The van der Waals surface area contributed by atoms with Crippen molar-refractivity contribution in [1.82, 2.24) is 9.97 Å². The van der Waals surface area contributed by atoms with Gasteiger partial charge in [-0.3, -0.25) is 0 Å². The Hall–Kier alpha value is -1.40. The molecule has 0 aromatic carbocycles. The number of nitrogens with one attached hydrogen (secondary N) is 2. The van der Waals surface area contributed by atoms with E-state index in [0.29, 0.717) is 12.2 Å². The van der Waals surface area contributed by atoms with E-state index in [1.54, 1.807) is 0 Å². The van der Waals surface area contributed by atoms with Crippen molar-refractivity contribution in [3.8, 4) is 0 Å². The van der Waals surface area contributed by atoms with Crippen molar-refractivity contribution in [3.63, 3.8) is 0 Å². The first kappa shape index (κ1) is 13.7. The van der Waals surface area contributed by atoms with Crippen molar-refractivity contribution in [2.24, 2.45) is 5.84 Å². The largest absolute Gasteiger partial charge is 0.396 e. The Balaban J connectivity index is 2.96. The van der Waals surface area contributed by atoms with Gasteiger partial charge in [-0.15, -0.1) is 0 Å². The summed E-state index contributed by atoms with van der Waals surface area (Å²) in [5.74, 6) is 7.57. The minimum absolute atomic E-state index is 0.154. The van der Waals surface area contributed by atoms with Crippen LogP contribution in [-0.2, 0) is 6.42 Å². The van der Waals surface area contributed by atoms with Crippen LogP contribution in [0.1, 0.15) is 31.7 Å². The minimum Gasteiger partial charge on any atom is -0.396 e. The molecule has 0 radical (unpaired) electrons. The van der Waals surface area contributed by atoms with E-state index in [2.05, 4.69) is 20.7 Å². The van der Waals surface area contributed by atoms with Gasteiger partial charge in [-0.1, -0.05) is 6.92 Å². The van der Waals surface area contributed by atoms with Gasteiger partial charge in [0.25, 0.3) is 0 Å². The third kappa shape index (κ3) is 3.54. The van der Waals surface area contributed by atoms with Crippen LogP contribution in [0.4, 0.5) is 11.6 Å². The van der Waals surface area contributed by atoms with Crippen molar-refractivity contribution >= 4 is 11.6 Å². The van der Waals surface area contributed by atoms with Crippen LogP contribution in [-0.4, -0.2) is 27.7 Å². The molecule has 0 amide bonds. The lowest BCUT2D eigenvalue weighted by molar-refractivity contribution is 0.282. The molecule has 96 valence electrons. The molecule has 6 heteroatoms. The van der Waals surface area contributed by atoms with Crippen LogP contribution in [0.2, 0.25) is 0 Å². The van der Waals surface area contributed by atoms with Gasteiger partial charge in [0.05, 0.1) is 0 Å². The second-order valence-electron chi connectivity index (χ2n) is 4.02. The maximum atomic E-state index is 8.88. The third-order valence-corrected chi connectivity index (χ3v) is 2.59. The van der Waals surface area contributed by atoms with Gasteiger partial charge in [0.1, 0.15) is 17.5 Å². The highest BCUT2D eigenvalue weighted by Gasteiger charge is 2.11. The maximum Gasteiger partial charge on any atom is 0.148 e. The zero-order valence-corrected chi connectivity index (χ0v) is 10.6. The number of aryl methyl sites for hydroxylation is 1. The molecule has 0 bridgehead atoms. The maximum absolute atomic E-state index is 8.88. The Kier molecular flexibility index (Phi) is 5.11. The summed E-state index contributed by atoms with van der Waals surface area (Å²) in [6, 6.07) is 0.156. The highest BCUT2D eigenvalue weighted by molar-refractivity contribution is 5.57. The molecule has 0 saturated heterocycles. The average Bonchev–Trinajstić information content (AvgIpc) is 2.32. The molecule has 0 aliphatic heterocycles. The molecule has 0 spiro atoms. The highest BCUT2D eigenvalue weighted by Crippen LogP contribution is 2.20. The molecular formula is C11H21N5O. The zero-order chi connectivity index (χ0) is 12.8. The Bertz CT molecular complexity index is 369. The van der Waals surface area contributed by atoms with Crippen LogP contribution < -0.4 is 16.6 Å². The third-order valence-electron chi connectivity index (χ3n) is 2.59. The van der Waals surface area contributed by atoms with Gasteiger partial charge in [-0.25, -0.2) is 15.8 Å². The predicted octanol–water partition coefficient (Wildman–Crippen LogP) is 0.816. The molecule has 0 aliphatic carbocycles. The van der Waals surface area contributed by atoms with Crippen LogP contribution >= 0.6 is 0 Å². The summed E-state index contributed by atoms with van der Waals surface area (Å²) < 4.78 is 0. The highest BCUT2D eigenvalue weighted by atomic mass is 16.3. The second kappa shape index (κ2) is 6.36. The molecular weight excluding hydrogens is 218 g/mol. The topological polar surface area (TPSA) is 96.1 Å². The summed E-state index contributed by atoms with van der Waals surface area (Å²) in [5.41, 5.74) is 3.46. The van der Waals surface area contributed by atoms with E-state index < -0.39 is 0 Å². The van der Waals surface area contributed by atoms with E-state index in [0.717, 1.165) is 23.6 Å². The number of nitrogens with two attached hydrogens (primary N) is 1.